The Kier molecular flexibility index (Phi) is 3.42. The summed E-state index contributed by atoms with van der Waals surface area (Å²) in [5.41, 5.74) is 4.97. The van der Waals surface area contributed by atoms with Crippen LogP contribution in [0.5, 0.6) is 0 Å². The van der Waals surface area contributed by atoms with Gasteiger partial charge in [0.1, 0.15) is 0 Å². The molecule has 2 aromatic carbocycles. The molecule has 0 radical (unpaired) electrons. The molecule has 0 saturated carbocycles. The molecule has 1 unspecified atom stereocenters. The quantitative estimate of drug-likeness (QED) is 0.831. The number of halogens is 2. The van der Waals surface area contributed by atoms with E-state index in [-0.39, 0.29) is 0 Å². The highest BCUT2D eigenvalue weighted by molar-refractivity contribution is 6.31. The number of hydrogen-bond acceptors (Lipinski definition) is 1. The largest absolute Gasteiger partial charge is 0.381 e. The molecule has 0 aliphatic heterocycles. The van der Waals surface area contributed by atoms with Gasteiger partial charge in [-0.15, -0.1) is 0 Å². The first-order valence-corrected chi connectivity index (χ1v) is 7.18. The number of rotatable bonds is 2. The SMILES string of the molecule is Cc1c(Cl)cccc1NC1Cc2ccc(Cl)cc2C1. The van der Waals surface area contributed by atoms with Gasteiger partial charge in [0, 0.05) is 21.8 Å². The van der Waals surface area contributed by atoms with Crippen molar-refractivity contribution in [3.8, 4) is 0 Å². The zero-order chi connectivity index (χ0) is 13.4. The third-order valence-electron chi connectivity index (χ3n) is 3.73. The monoisotopic (exact) mass is 291 g/mol. The number of hydrogen-bond donors (Lipinski definition) is 1. The summed E-state index contributed by atoms with van der Waals surface area (Å²) in [5, 5.41) is 5.22. The van der Waals surface area contributed by atoms with Crippen molar-refractivity contribution in [2.24, 2.45) is 0 Å². The predicted molar refractivity (Wildman–Crippen MR) is 82.5 cm³/mol. The maximum atomic E-state index is 6.15. The van der Waals surface area contributed by atoms with Gasteiger partial charge >= 0.3 is 0 Å². The Hall–Kier alpha value is -1.18. The maximum Gasteiger partial charge on any atom is 0.0455 e. The van der Waals surface area contributed by atoms with Gasteiger partial charge in [0.2, 0.25) is 0 Å². The van der Waals surface area contributed by atoms with E-state index in [0.29, 0.717) is 6.04 Å². The molecule has 1 aliphatic rings. The topological polar surface area (TPSA) is 12.0 Å². The van der Waals surface area contributed by atoms with E-state index in [0.717, 1.165) is 34.1 Å². The van der Waals surface area contributed by atoms with E-state index in [2.05, 4.69) is 23.5 Å². The normalized spacial score (nSPS) is 17.3. The van der Waals surface area contributed by atoms with Gasteiger partial charge in [-0.1, -0.05) is 35.3 Å². The molecular weight excluding hydrogens is 277 g/mol. The summed E-state index contributed by atoms with van der Waals surface area (Å²) in [6, 6.07) is 12.6. The molecule has 19 heavy (non-hydrogen) atoms. The Labute approximate surface area is 123 Å². The van der Waals surface area contributed by atoms with Crippen molar-refractivity contribution in [3.05, 3.63) is 63.1 Å². The van der Waals surface area contributed by atoms with Crippen LogP contribution in [0.1, 0.15) is 16.7 Å². The minimum Gasteiger partial charge on any atom is -0.381 e. The smallest absolute Gasteiger partial charge is 0.0455 e. The number of nitrogens with one attached hydrogen (secondary N) is 1. The van der Waals surface area contributed by atoms with Gasteiger partial charge in [0.25, 0.3) is 0 Å². The van der Waals surface area contributed by atoms with Gasteiger partial charge < -0.3 is 5.32 Å². The molecule has 0 heterocycles. The summed E-state index contributed by atoms with van der Waals surface area (Å²) in [6.45, 7) is 2.05. The third kappa shape index (κ3) is 2.58. The molecule has 0 fully saturated rings. The van der Waals surface area contributed by atoms with Crippen LogP contribution in [-0.2, 0) is 12.8 Å². The minimum atomic E-state index is 0.422. The van der Waals surface area contributed by atoms with Crippen LogP contribution >= 0.6 is 23.2 Å². The molecule has 0 amide bonds. The summed E-state index contributed by atoms with van der Waals surface area (Å²) in [4.78, 5) is 0. The molecule has 3 heteroatoms. The second-order valence-corrected chi connectivity index (χ2v) is 5.92. The van der Waals surface area contributed by atoms with E-state index in [9.17, 15) is 0 Å². The van der Waals surface area contributed by atoms with Gasteiger partial charge in [-0.25, -0.2) is 0 Å². The molecule has 3 rings (SSSR count). The predicted octanol–water partition coefficient (Wildman–Crippen LogP) is 4.88. The van der Waals surface area contributed by atoms with E-state index < -0.39 is 0 Å². The molecule has 2 aromatic rings. The standard InChI is InChI=1S/C16H15Cl2N/c1-10-15(18)3-2-4-16(10)19-14-8-11-5-6-13(17)7-12(11)9-14/h2-7,14,19H,8-9H2,1H3. The average molecular weight is 292 g/mol. The van der Waals surface area contributed by atoms with Crippen LogP contribution < -0.4 is 5.32 Å². The van der Waals surface area contributed by atoms with Crippen molar-refractivity contribution in [1.29, 1.82) is 0 Å². The van der Waals surface area contributed by atoms with Gasteiger partial charge in [-0.2, -0.15) is 0 Å². The molecule has 0 bridgehead atoms. The molecule has 0 spiro atoms. The van der Waals surface area contributed by atoms with Crippen molar-refractivity contribution in [2.75, 3.05) is 5.32 Å². The van der Waals surface area contributed by atoms with Gasteiger partial charge in [-0.3, -0.25) is 0 Å². The first-order chi connectivity index (χ1) is 9.13. The first-order valence-electron chi connectivity index (χ1n) is 6.42. The summed E-state index contributed by atoms with van der Waals surface area (Å²) >= 11 is 12.2. The molecule has 98 valence electrons. The van der Waals surface area contributed by atoms with Gasteiger partial charge in [-0.05, 0) is 60.7 Å². The fourth-order valence-corrected chi connectivity index (χ4v) is 3.04. The van der Waals surface area contributed by atoms with E-state index in [1.54, 1.807) is 0 Å². The summed E-state index contributed by atoms with van der Waals surface area (Å²) in [6.07, 6.45) is 2.06. The average Bonchev–Trinajstić information content (AvgIpc) is 2.76. The zero-order valence-corrected chi connectivity index (χ0v) is 12.2. The molecule has 1 nitrogen and oxygen atoms in total. The lowest BCUT2D eigenvalue weighted by atomic mass is 10.1. The lowest BCUT2D eigenvalue weighted by Gasteiger charge is -2.16. The Balaban J connectivity index is 1.79. The number of benzene rings is 2. The summed E-state index contributed by atoms with van der Waals surface area (Å²) in [7, 11) is 0. The molecular formula is C16H15Cl2N. The Morgan fingerprint density at radius 2 is 1.84 bits per heavy atom. The van der Waals surface area contributed by atoms with Crippen LogP contribution in [0.25, 0.3) is 0 Å². The van der Waals surface area contributed by atoms with Crippen LogP contribution in [0.15, 0.2) is 36.4 Å². The minimum absolute atomic E-state index is 0.422. The first kappa shape index (κ1) is 12.8. The van der Waals surface area contributed by atoms with Crippen LogP contribution in [0.3, 0.4) is 0 Å². The fourth-order valence-electron chi connectivity index (χ4n) is 2.67. The highest BCUT2D eigenvalue weighted by Gasteiger charge is 2.21. The second kappa shape index (κ2) is 5.07. The number of fused-ring (bicyclic) bond motifs is 1. The van der Waals surface area contributed by atoms with E-state index in [1.807, 2.05) is 25.1 Å². The Morgan fingerprint density at radius 3 is 2.68 bits per heavy atom. The fraction of sp³-hybridized carbons (Fsp3) is 0.250. The van der Waals surface area contributed by atoms with Crippen LogP contribution in [0.2, 0.25) is 10.0 Å². The Bertz CT molecular complexity index is 622. The van der Waals surface area contributed by atoms with E-state index >= 15 is 0 Å². The van der Waals surface area contributed by atoms with Crippen molar-refractivity contribution in [1.82, 2.24) is 0 Å². The highest BCUT2D eigenvalue weighted by Crippen LogP contribution is 2.29. The summed E-state index contributed by atoms with van der Waals surface area (Å²) < 4.78 is 0. The van der Waals surface area contributed by atoms with Crippen molar-refractivity contribution in [2.45, 2.75) is 25.8 Å². The summed E-state index contributed by atoms with van der Waals surface area (Å²) in [5.74, 6) is 0. The van der Waals surface area contributed by atoms with Crippen molar-refractivity contribution in [3.63, 3.8) is 0 Å². The molecule has 0 saturated heterocycles. The van der Waals surface area contributed by atoms with Crippen LogP contribution in [0.4, 0.5) is 5.69 Å². The highest BCUT2D eigenvalue weighted by atomic mass is 35.5. The maximum absolute atomic E-state index is 6.15. The zero-order valence-electron chi connectivity index (χ0n) is 10.7. The molecule has 1 N–H and O–H groups in total. The van der Waals surface area contributed by atoms with Crippen molar-refractivity contribution < 1.29 is 0 Å². The molecule has 0 aromatic heterocycles. The van der Waals surface area contributed by atoms with Crippen LogP contribution in [-0.4, -0.2) is 6.04 Å². The van der Waals surface area contributed by atoms with Gasteiger partial charge in [0.15, 0.2) is 0 Å². The second-order valence-electron chi connectivity index (χ2n) is 5.07. The number of anilines is 1. The van der Waals surface area contributed by atoms with Crippen molar-refractivity contribution >= 4 is 28.9 Å². The van der Waals surface area contributed by atoms with Gasteiger partial charge in [0.05, 0.1) is 0 Å². The van der Waals surface area contributed by atoms with Crippen LogP contribution in [0, 0.1) is 6.92 Å². The molecule has 1 aliphatic carbocycles. The van der Waals surface area contributed by atoms with E-state index in [1.165, 1.54) is 11.1 Å². The third-order valence-corrected chi connectivity index (χ3v) is 4.37. The Morgan fingerprint density at radius 1 is 1.05 bits per heavy atom. The molecule has 1 atom stereocenters. The lowest BCUT2D eigenvalue weighted by molar-refractivity contribution is 0.773. The van der Waals surface area contributed by atoms with E-state index in [4.69, 9.17) is 23.2 Å². The lowest BCUT2D eigenvalue weighted by Crippen LogP contribution is -2.20.